The fraction of sp³-hybridized carbons (Fsp3) is 0.118. The SMILES string of the molecule is CC(=NC1=C(N)C=C=CC=C1)C(=O)OCc1ccccc1. The van der Waals surface area contributed by atoms with Crippen LogP contribution in [0.3, 0.4) is 0 Å². The van der Waals surface area contributed by atoms with Gasteiger partial charge in [-0.15, -0.1) is 5.73 Å². The van der Waals surface area contributed by atoms with Crippen LogP contribution in [0.1, 0.15) is 12.5 Å². The highest BCUT2D eigenvalue weighted by Gasteiger charge is 2.09. The Labute approximate surface area is 123 Å². The molecule has 21 heavy (non-hydrogen) atoms. The molecule has 0 heterocycles. The normalized spacial score (nSPS) is 14.2. The largest absolute Gasteiger partial charge is 0.456 e. The molecule has 0 saturated carbocycles. The van der Waals surface area contributed by atoms with Crippen LogP contribution in [0.5, 0.6) is 0 Å². The maximum Gasteiger partial charge on any atom is 0.352 e. The standard InChI is InChI=1S/C17H16N2O2/c1-13(19-16-11-7-3-6-10-15(16)18)17(20)21-12-14-8-4-2-5-9-14/h2-5,7-11H,12,18H2,1H3. The summed E-state index contributed by atoms with van der Waals surface area (Å²) in [6.07, 6.45) is 6.82. The highest BCUT2D eigenvalue weighted by Crippen LogP contribution is 2.09. The van der Waals surface area contributed by atoms with Gasteiger partial charge >= 0.3 is 5.97 Å². The molecule has 0 saturated heterocycles. The molecule has 0 fully saturated rings. The summed E-state index contributed by atoms with van der Waals surface area (Å²) >= 11 is 0. The first-order valence-electron chi connectivity index (χ1n) is 6.52. The van der Waals surface area contributed by atoms with Gasteiger partial charge in [0.2, 0.25) is 0 Å². The van der Waals surface area contributed by atoms with Gasteiger partial charge in [-0.2, -0.15) is 0 Å². The third kappa shape index (κ3) is 4.34. The van der Waals surface area contributed by atoms with Gasteiger partial charge in [0.25, 0.3) is 0 Å². The monoisotopic (exact) mass is 280 g/mol. The minimum Gasteiger partial charge on any atom is -0.456 e. The fourth-order valence-corrected chi connectivity index (χ4v) is 1.66. The molecule has 0 radical (unpaired) electrons. The molecule has 106 valence electrons. The van der Waals surface area contributed by atoms with Crippen LogP contribution in [0.25, 0.3) is 0 Å². The number of nitrogens with zero attached hydrogens (tertiary/aromatic N) is 1. The minimum absolute atomic E-state index is 0.221. The van der Waals surface area contributed by atoms with Gasteiger partial charge in [0.05, 0.1) is 11.4 Å². The number of ether oxygens (including phenoxy) is 1. The van der Waals surface area contributed by atoms with E-state index in [0.717, 1.165) is 5.56 Å². The van der Waals surface area contributed by atoms with Crippen LogP contribution in [-0.4, -0.2) is 11.7 Å². The number of carbonyl (C=O) groups excluding carboxylic acids is 1. The number of esters is 1. The predicted molar refractivity (Wildman–Crippen MR) is 82.4 cm³/mol. The number of aliphatic imine (C=N–C) groups is 1. The van der Waals surface area contributed by atoms with Gasteiger partial charge in [0.1, 0.15) is 12.3 Å². The Kier molecular flexibility index (Phi) is 4.91. The van der Waals surface area contributed by atoms with Gasteiger partial charge in [0.15, 0.2) is 0 Å². The average molecular weight is 280 g/mol. The van der Waals surface area contributed by atoms with Gasteiger partial charge in [-0.3, -0.25) is 0 Å². The van der Waals surface area contributed by atoms with Gasteiger partial charge in [0, 0.05) is 6.08 Å². The molecular weight excluding hydrogens is 264 g/mol. The zero-order valence-electron chi connectivity index (χ0n) is 11.7. The molecule has 0 spiro atoms. The predicted octanol–water partition coefficient (Wildman–Crippen LogP) is 2.64. The van der Waals surface area contributed by atoms with Crippen molar-refractivity contribution >= 4 is 11.7 Å². The van der Waals surface area contributed by atoms with Crippen molar-refractivity contribution in [1.29, 1.82) is 0 Å². The molecular formula is C17H16N2O2. The Hall–Kier alpha value is -2.84. The molecule has 1 aliphatic carbocycles. The second-order valence-corrected chi connectivity index (χ2v) is 4.44. The van der Waals surface area contributed by atoms with E-state index < -0.39 is 5.97 Å². The topological polar surface area (TPSA) is 64.7 Å². The van der Waals surface area contributed by atoms with Crippen LogP contribution in [0.2, 0.25) is 0 Å². The number of nitrogens with two attached hydrogens (primary N) is 1. The Balaban J connectivity index is 2.02. The second-order valence-electron chi connectivity index (χ2n) is 4.44. The molecule has 0 atom stereocenters. The Morgan fingerprint density at radius 1 is 1.33 bits per heavy atom. The maximum atomic E-state index is 11.9. The Morgan fingerprint density at radius 2 is 2.10 bits per heavy atom. The number of hydrogen-bond acceptors (Lipinski definition) is 4. The molecule has 0 amide bonds. The lowest BCUT2D eigenvalue weighted by atomic mass is 10.2. The zero-order valence-corrected chi connectivity index (χ0v) is 11.7. The van der Waals surface area contributed by atoms with Crippen LogP contribution in [0.15, 0.2) is 76.8 Å². The number of benzene rings is 1. The molecule has 4 nitrogen and oxygen atoms in total. The van der Waals surface area contributed by atoms with E-state index in [1.165, 1.54) is 0 Å². The van der Waals surface area contributed by atoms with E-state index in [9.17, 15) is 4.79 Å². The van der Waals surface area contributed by atoms with Gasteiger partial charge < -0.3 is 10.5 Å². The van der Waals surface area contributed by atoms with Crippen molar-refractivity contribution in [3.8, 4) is 0 Å². The van der Waals surface area contributed by atoms with Gasteiger partial charge in [-0.1, -0.05) is 36.4 Å². The van der Waals surface area contributed by atoms with E-state index >= 15 is 0 Å². The van der Waals surface area contributed by atoms with Crippen LogP contribution in [0, 0.1) is 0 Å². The van der Waals surface area contributed by atoms with Gasteiger partial charge in [-0.25, -0.2) is 9.79 Å². The maximum absolute atomic E-state index is 11.9. The van der Waals surface area contributed by atoms with E-state index in [0.29, 0.717) is 11.4 Å². The molecule has 1 aromatic rings. The van der Waals surface area contributed by atoms with Crippen molar-refractivity contribution in [3.63, 3.8) is 0 Å². The van der Waals surface area contributed by atoms with Crippen LogP contribution < -0.4 is 5.73 Å². The van der Waals surface area contributed by atoms with Crippen molar-refractivity contribution < 1.29 is 9.53 Å². The van der Waals surface area contributed by atoms with Crippen molar-refractivity contribution in [3.05, 3.63) is 77.3 Å². The van der Waals surface area contributed by atoms with E-state index in [-0.39, 0.29) is 12.3 Å². The molecule has 0 aromatic heterocycles. The van der Waals surface area contributed by atoms with Crippen LogP contribution in [0.4, 0.5) is 0 Å². The number of hydrogen-bond donors (Lipinski definition) is 1. The average Bonchev–Trinajstić information content (AvgIpc) is 2.71. The highest BCUT2D eigenvalue weighted by atomic mass is 16.5. The minimum atomic E-state index is -0.464. The van der Waals surface area contributed by atoms with E-state index in [1.54, 1.807) is 31.2 Å². The third-order valence-corrected chi connectivity index (χ3v) is 2.78. The summed E-state index contributed by atoms with van der Waals surface area (Å²) in [6.45, 7) is 1.82. The molecule has 1 aromatic carbocycles. The second kappa shape index (κ2) is 7.08. The zero-order chi connectivity index (χ0) is 15.1. The lowest BCUT2D eigenvalue weighted by Crippen LogP contribution is -2.15. The Bertz CT molecular complexity index is 676. The van der Waals surface area contributed by atoms with Gasteiger partial charge in [-0.05, 0) is 24.6 Å². The van der Waals surface area contributed by atoms with Crippen molar-refractivity contribution in [1.82, 2.24) is 0 Å². The molecule has 0 aliphatic heterocycles. The lowest BCUT2D eigenvalue weighted by molar-refractivity contribution is -0.136. The lowest BCUT2D eigenvalue weighted by Gasteiger charge is -2.05. The molecule has 1 aliphatic rings. The van der Waals surface area contributed by atoms with Crippen LogP contribution in [-0.2, 0) is 16.1 Å². The molecule has 0 bridgehead atoms. The Morgan fingerprint density at radius 3 is 2.86 bits per heavy atom. The molecule has 2 N–H and O–H groups in total. The third-order valence-electron chi connectivity index (χ3n) is 2.78. The fourth-order valence-electron chi connectivity index (χ4n) is 1.66. The molecule has 4 heteroatoms. The summed E-state index contributed by atoms with van der Waals surface area (Å²) in [5.41, 5.74) is 10.9. The number of rotatable bonds is 4. The van der Waals surface area contributed by atoms with Crippen molar-refractivity contribution in [2.75, 3.05) is 0 Å². The summed E-state index contributed by atoms with van der Waals surface area (Å²) in [6, 6.07) is 9.49. The van der Waals surface area contributed by atoms with Crippen LogP contribution >= 0.6 is 0 Å². The van der Waals surface area contributed by atoms with Crippen molar-refractivity contribution in [2.45, 2.75) is 13.5 Å². The highest BCUT2D eigenvalue weighted by molar-refractivity contribution is 6.35. The molecule has 2 rings (SSSR count). The first-order valence-corrected chi connectivity index (χ1v) is 6.52. The summed E-state index contributed by atoms with van der Waals surface area (Å²) in [4.78, 5) is 16.1. The summed E-state index contributed by atoms with van der Waals surface area (Å²) in [5.74, 6) is -0.464. The first kappa shape index (κ1) is 14.6. The summed E-state index contributed by atoms with van der Waals surface area (Å²) < 4.78 is 5.21. The van der Waals surface area contributed by atoms with E-state index in [2.05, 4.69) is 10.7 Å². The van der Waals surface area contributed by atoms with E-state index in [1.807, 2.05) is 30.3 Å². The first-order chi connectivity index (χ1) is 10.2. The summed E-state index contributed by atoms with van der Waals surface area (Å²) in [7, 11) is 0. The quantitative estimate of drug-likeness (QED) is 0.524. The smallest absolute Gasteiger partial charge is 0.352 e. The number of allylic oxidation sites excluding steroid dienone is 3. The van der Waals surface area contributed by atoms with E-state index in [4.69, 9.17) is 10.5 Å². The van der Waals surface area contributed by atoms with Crippen molar-refractivity contribution in [2.24, 2.45) is 10.7 Å². The number of carbonyl (C=O) groups is 1. The summed E-state index contributed by atoms with van der Waals surface area (Å²) in [5, 5.41) is 0. The molecule has 0 unspecified atom stereocenters.